The maximum Gasteiger partial charge on any atom is 0.223 e. The number of hydrogen-bond donors (Lipinski definition) is 1. The number of carbonyl (C=O) groups excluding carboxylic acids is 2. The normalized spacial score (nSPS) is 20.0. The zero-order chi connectivity index (χ0) is 20.1. The summed E-state index contributed by atoms with van der Waals surface area (Å²) in [6, 6.07) is 15.8. The first-order valence-corrected chi connectivity index (χ1v) is 10.4. The topological polar surface area (TPSA) is 46.2 Å². The van der Waals surface area contributed by atoms with Crippen molar-refractivity contribution >= 4 is 23.3 Å². The van der Waals surface area contributed by atoms with Crippen LogP contribution in [0.2, 0.25) is 5.02 Å². The molecule has 0 bridgehead atoms. The fraction of sp³-hybridized carbons (Fsp3) is 0.417. The third kappa shape index (κ3) is 5.45. The smallest absolute Gasteiger partial charge is 0.223 e. The van der Waals surface area contributed by atoms with E-state index in [4.69, 9.17) is 11.6 Å². The maximum atomic E-state index is 12.6. The highest BCUT2D eigenvalue weighted by atomic mass is 35.5. The number of carbonyl (C=O) groups is 2. The molecule has 0 saturated heterocycles. The standard InChI is InChI=1S/C24H28ClNO2/c1-16-12-18(14-22(25)13-16)8-11-23(27)17(2)26-24(28)21-10-9-20(15-21)19-6-4-3-5-7-19/h3-7,12-14,17,20-21H,8-11,15H2,1-2H3,(H,26,28)/t17-,20+,21+/m0/s1. The largest absolute Gasteiger partial charge is 0.346 e. The maximum absolute atomic E-state index is 12.6. The molecule has 1 saturated carbocycles. The second-order valence-corrected chi connectivity index (χ2v) is 8.39. The molecule has 3 atom stereocenters. The lowest BCUT2D eigenvalue weighted by atomic mass is 9.96. The van der Waals surface area contributed by atoms with Crippen molar-refractivity contribution in [1.82, 2.24) is 5.32 Å². The lowest BCUT2D eigenvalue weighted by Gasteiger charge is -2.17. The minimum atomic E-state index is -0.455. The highest BCUT2D eigenvalue weighted by Crippen LogP contribution is 2.38. The van der Waals surface area contributed by atoms with Gasteiger partial charge in [0.15, 0.2) is 5.78 Å². The van der Waals surface area contributed by atoms with Crippen LogP contribution in [0.25, 0.3) is 0 Å². The number of nitrogens with one attached hydrogen (secondary N) is 1. The lowest BCUT2D eigenvalue weighted by molar-refractivity contribution is -0.129. The number of amides is 1. The van der Waals surface area contributed by atoms with Gasteiger partial charge in [-0.25, -0.2) is 0 Å². The second kappa shape index (κ2) is 9.38. The van der Waals surface area contributed by atoms with E-state index < -0.39 is 6.04 Å². The predicted molar refractivity (Wildman–Crippen MR) is 114 cm³/mol. The lowest BCUT2D eigenvalue weighted by Crippen LogP contribution is -2.41. The van der Waals surface area contributed by atoms with E-state index in [2.05, 4.69) is 17.4 Å². The Morgan fingerprint density at radius 3 is 2.61 bits per heavy atom. The predicted octanol–water partition coefficient (Wildman–Crippen LogP) is 5.24. The molecular weight excluding hydrogens is 370 g/mol. The summed E-state index contributed by atoms with van der Waals surface area (Å²) in [6.45, 7) is 3.78. The van der Waals surface area contributed by atoms with Gasteiger partial charge in [-0.05, 0) is 74.3 Å². The molecule has 3 nitrogen and oxygen atoms in total. The van der Waals surface area contributed by atoms with E-state index in [0.29, 0.717) is 23.8 Å². The number of ketones is 1. The molecule has 1 N–H and O–H groups in total. The number of Topliss-reactive ketones (excluding diaryl/α,β-unsaturated/α-hetero) is 1. The van der Waals surface area contributed by atoms with Crippen molar-refractivity contribution < 1.29 is 9.59 Å². The molecule has 148 valence electrons. The van der Waals surface area contributed by atoms with Gasteiger partial charge in [-0.3, -0.25) is 9.59 Å². The van der Waals surface area contributed by atoms with Crippen molar-refractivity contribution in [1.29, 1.82) is 0 Å². The molecule has 2 aromatic rings. The highest BCUT2D eigenvalue weighted by molar-refractivity contribution is 6.30. The Hall–Kier alpha value is -2.13. The molecule has 4 heteroatoms. The summed E-state index contributed by atoms with van der Waals surface area (Å²) in [7, 11) is 0. The molecule has 28 heavy (non-hydrogen) atoms. The van der Waals surface area contributed by atoms with Gasteiger partial charge in [0.2, 0.25) is 5.91 Å². The summed E-state index contributed by atoms with van der Waals surface area (Å²) >= 11 is 6.08. The van der Waals surface area contributed by atoms with E-state index in [1.54, 1.807) is 6.92 Å². The van der Waals surface area contributed by atoms with Crippen LogP contribution in [0.4, 0.5) is 0 Å². The van der Waals surface area contributed by atoms with Crippen molar-refractivity contribution in [2.75, 3.05) is 0 Å². The van der Waals surface area contributed by atoms with Crippen LogP contribution in [0.1, 0.15) is 55.2 Å². The third-order valence-electron chi connectivity index (χ3n) is 5.68. The van der Waals surface area contributed by atoms with Gasteiger partial charge < -0.3 is 5.32 Å². The molecule has 1 fully saturated rings. The first-order chi connectivity index (χ1) is 13.4. The monoisotopic (exact) mass is 397 g/mol. The second-order valence-electron chi connectivity index (χ2n) is 7.95. The van der Waals surface area contributed by atoms with Crippen LogP contribution in [-0.4, -0.2) is 17.7 Å². The zero-order valence-electron chi connectivity index (χ0n) is 16.6. The Bertz CT molecular complexity index is 814. The van der Waals surface area contributed by atoms with E-state index in [1.165, 1.54) is 5.56 Å². The summed E-state index contributed by atoms with van der Waals surface area (Å²) in [5, 5.41) is 3.63. The van der Waals surface area contributed by atoms with Gasteiger partial charge >= 0.3 is 0 Å². The molecule has 0 radical (unpaired) electrons. The quantitative estimate of drug-likeness (QED) is 0.694. The molecule has 0 unspecified atom stereocenters. The molecule has 1 aliphatic carbocycles. The van der Waals surface area contributed by atoms with Gasteiger partial charge in [0.1, 0.15) is 0 Å². The number of rotatable bonds is 7. The zero-order valence-corrected chi connectivity index (χ0v) is 17.3. The Balaban J connectivity index is 1.48. The minimum absolute atomic E-state index is 0.00367. The van der Waals surface area contributed by atoms with Crippen LogP contribution < -0.4 is 5.32 Å². The number of benzene rings is 2. The summed E-state index contributed by atoms with van der Waals surface area (Å²) in [5.74, 6) is 0.506. The van der Waals surface area contributed by atoms with E-state index >= 15 is 0 Å². The first kappa shape index (κ1) is 20.6. The molecule has 1 aliphatic rings. The molecule has 0 aromatic heterocycles. The summed E-state index contributed by atoms with van der Waals surface area (Å²) < 4.78 is 0. The van der Waals surface area contributed by atoms with Gasteiger partial charge in [-0.15, -0.1) is 0 Å². The van der Waals surface area contributed by atoms with Crippen LogP contribution >= 0.6 is 11.6 Å². The Labute approximate surface area is 172 Å². The first-order valence-electron chi connectivity index (χ1n) is 10.1. The van der Waals surface area contributed by atoms with E-state index in [9.17, 15) is 9.59 Å². The molecule has 0 spiro atoms. The fourth-order valence-electron chi connectivity index (χ4n) is 4.10. The van der Waals surface area contributed by atoms with Crippen molar-refractivity contribution in [3.8, 4) is 0 Å². The third-order valence-corrected chi connectivity index (χ3v) is 5.90. The van der Waals surface area contributed by atoms with Crippen molar-refractivity contribution in [2.45, 2.75) is 57.9 Å². The molecule has 3 rings (SSSR count). The average molecular weight is 398 g/mol. The van der Waals surface area contributed by atoms with E-state index in [0.717, 1.165) is 30.4 Å². The van der Waals surface area contributed by atoms with Crippen LogP contribution in [-0.2, 0) is 16.0 Å². The number of hydrogen-bond acceptors (Lipinski definition) is 2. The molecular formula is C24H28ClNO2. The van der Waals surface area contributed by atoms with Gasteiger partial charge in [0.25, 0.3) is 0 Å². The Morgan fingerprint density at radius 2 is 1.89 bits per heavy atom. The van der Waals surface area contributed by atoms with Crippen LogP contribution in [0.15, 0.2) is 48.5 Å². The van der Waals surface area contributed by atoms with E-state index in [-0.39, 0.29) is 17.6 Å². The summed E-state index contributed by atoms with van der Waals surface area (Å²) in [5.41, 5.74) is 3.45. The van der Waals surface area contributed by atoms with Crippen molar-refractivity contribution in [3.63, 3.8) is 0 Å². The minimum Gasteiger partial charge on any atom is -0.346 e. The van der Waals surface area contributed by atoms with Crippen molar-refractivity contribution in [3.05, 3.63) is 70.2 Å². The molecule has 1 amide bonds. The van der Waals surface area contributed by atoms with Crippen molar-refractivity contribution in [2.24, 2.45) is 5.92 Å². The highest BCUT2D eigenvalue weighted by Gasteiger charge is 2.31. The van der Waals surface area contributed by atoms with E-state index in [1.807, 2.05) is 43.3 Å². The van der Waals surface area contributed by atoms with Crippen LogP contribution in [0.3, 0.4) is 0 Å². The molecule has 2 aromatic carbocycles. The van der Waals surface area contributed by atoms with Crippen LogP contribution in [0.5, 0.6) is 0 Å². The van der Waals surface area contributed by atoms with Gasteiger partial charge in [-0.1, -0.05) is 48.0 Å². The Kier molecular flexibility index (Phi) is 6.90. The number of halogens is 1. The summed E-state index contributed by atoms with van der Waals surface area (Å²) in [6.07, 6.45) is 3.81. The average Bonchev–Trinajstić information content (AvgIpc) is 3.16. The molecule has 0 aliphatic heterocycles. The fourth-order valence-corrected chi connectivity index (χ4v) is 4.41. The SMILES string of the molecule is Cc1cc(Cl)cc(CCC(=O)[C@H](C)NC(=O)[C@@H]2CC[C@@H](c3ccccc3)C2)c1. The Morgan fingerprint density at radius 1 is 1.14 bits per heavy atom. The van der Waals surface area contributed by atoms with Gasteiger partial charge in [0.05, 0.1) is 6.04 Å². The molecule has 0 heterocycles. The van der Waals surface area contributed by atoms with Gasteiger partial charge in [-0.2, -0.15) is 0 Å². The number of aryl methyl sites for hydroxylation is 2. The van der Waals surface area contributed by atoms with Crippen LogP contribution in [0, 0.1) is 12.8 Å². The summed E-state index contributed by atoms with van der Waals surface area (Å²) in [4.78, 5) is 25.1. The van der Waals surface area contributed by atoms with Gasteiger partial charge in [0, 0.05) is 17.4 Å².